The van der Waals surface area contributed by atoms with Crippen LogP contribution in [-0.2, 0) is 4.79 Å². The Kier molecular flexibility index (Phi) is 6.04. The van der Waals surface area contributed by atoms with Gasteiger partial charge < -0.3 is 10.6 Å². The number of carbonyl (C=O) groups is 2. The number of amides is 2. The number of aromatic nitrogens is 3. The number of hydrogen-bond acceptors (Lipinski definition) is 5. The van der Waals surface area contributed by atoms with Crippen molar-refractivity contribution in [3.8, 4) is 16.4 Å². The van der Waals surface area contributed by atoms with Crippen molar-refractivity contribution in [3.05, 3.63) is 89.1 Å². The summed E-state index contributed by atoms with van der Waals surface area (Å²) in [6.45, 7) is 0. The molecule has 0 aliphatic rings. The average molecular weight is 453 g/mol. The molecule has 0 radical (unpaired) electrons. The minimum absolute atomic E-state index is 0.0811. The Balaban J connectivity index is 1.70. The van der Waals surface area contributed by atoms with Gasteiger partial charge in [-0.3, -0.25) is 9.59 Å². The summed E-state index contributed by atoms with van der Waals surface area (Å²) in [5, 5.41) is 11.1. The van der Waals surface area contributed by atoms with Gasteiger partial charge in [0.15, 0.2) is 17.5 Å². The van der Waals surface area contributed by atoms with E-state index in [1.54, 1.807) is 0 Å². The third-order valence-corrected chi connectivity index (χ3v) is 5.48. The zero-order chi connectivity index (χ0) is 22.7. The van der Waals surface area contributed by atoms with Crippen LogP contribution in [0.1, 0.15) is 22.2 Å². The van der Waals surface area contributed by atoms with Crippen LogP contribution in [0.4, 0.5) is 8.78 Å². The molecule has 0 saturated carbocycles. The van der Waals surface area contributed by atoms with Gasteiger partial charge in [-0.25, -0.2) is 18.4 Å². The predicted octanol–water partition coefficient (Wildman–Crippen LogP) is 3.49. The summed E-state index contributed by atoms with van der Waals surface area (Å²) in [5.74, 6) is -3.24. The molecule has 2 heterocycles. The van der Waals surface area contributed by atoms with Crippen molar-refractivity contribution in [2.75, 3.05) is 7.05 Å². The number of carbonyl (C=O) groups excluding carboxylic acids is 2. The number of halogens is 2. The number of likely N-dealkylation sites (N-methyl/N-ethyl adjacent to an activating group) is 1. The summed E-state index contributed by atoms with van der Waals surface area (Å²) in [4.78, 5) is 30.5. The predicted molar refractivity (Wildman–Crippen MR) is 115 cm³/mol. The summed E-state index contributed by atoms with van der Waals surface area (Å²) in [5.41, 5.74) is 0.781. The van der Waals surface area contributed by atoms with Crippen molar-refractivity contribution in [1.82, 2.24) is 25.4 Å². The quantitative estimate of drug-likeness (QED) is 0.468. The maximum Gasteiger partial charge on any atom is 0.291 e. The molecule has 0 aliphatic heterocycles. The highest BCUT2D eigenvalue weighted by molar-refractivity contribution is 7.13. The fourth-order valence-corrected chi connectivity index (χ4v) is 3.75. The molecule has 1 unspecified atom stereocenters. The first-order valence-electron chi connectivity index (χ1n) is 9.51. The zero-order valence-corrected chi connectivity index (χ0v) is 17.6. The molecule has 0 aliphatic carbocycles. The lowest BCUT2D eigenvalue weighted by atomic mass is 10.1. The van der Waals surface area contributed by atoms with Crippen LogP contribution in [0.2, 0.25) is 0 Å². The fraction of sp³-hybridized carbons (Fsp3) is 0.0909. The van der Waals surface area contributed by atoms with Crippen molar-refractivity contribution in [1.29, 1.82) is 0 Å². The summed E-state index contributed by atoms with van der Waals surface area (Å²) in [6.07, 6.45) is 0. The van der Waals surface area contributed by atoms with Gasteiger partial charge in [0.05, 0.1) is 10.6 Å². The number of rotatable bonds is 6. The molecule has 0 spiro atoms. The maximum absolute atomic E-state index is 13.7. The van der Waals surface area contributed by atoms with E-state index in [2.05, 4.69) is 20.7 Å². The number of benzene rings is 2. The molecule has 1 atom stereocenters. The number of nitrogens with one attached hydrogen (secondary N) is 2. The van der Waals surface area contributed by atoms with Crippen LogP contribution in [0, 0.1) is 11.6 Å². The molecule has 162 valence electrons. The SMILES string of the molecule is CNC(=O)C(NC(=O)c1nc(-c2cccs2)n(-c2ccccc2)n1)c1ccc(F)c(F)c1. The van der Waals surface area contributed by atoms with Crippen LogP contribution in [0.5, 0.6) is 0 Å². The van der Waals surface area contributed by atoms with Crippen molar-refractivity contribution in [3.63, 3.8) is 0 Å². The lowest BCUT2D eigenvalue weighted by Gasteiger charge is -2.17. The van der Waals surface area contributed by atoms with E-state index in [0.717, 1.165) is 17.0 Å². The van der Waals surface area contributed by atoms with Crippen molar-refractivity contribution >= 4 is 23.2 Å². The van der Waals surface area contributed by atoms with Gasteiger partial charge >= 0.3 is 0 Å². The molecular formula is C22H17F2N5O2S. The molecule has 2 N–H and O–H groups in total. The van der Waals surface area contributed by atoms with Gasteiger partial charge in [0.1, 0.15) is 6.04 Å². The average Bonchev–Trinajstić information content (AvgIpc) is 3.49. The van der Waals surface area contributed by atoms with Crippen LogP contribution in [0.3, 0.4) is 0 Å². The number of hydrogen-bond donors (Lipinski definition) is 2. The van der Waals surface area contributed by atoms with Gasteiger partial charge in [-0.15, -0.1) is 16.4 Å². The van der Waals surface area contributed by atoms with E-state index in [9.17, 15) is 18.4 Å². The Labute approximate surface area is 185 Å². The van der Waals surface area contributed by atoms with E-state index < -0.39 is 29.5 Å². The molecule has 2 aromatic heterocycles. The lowest BCUT2D eigenvalue weighted by Crippen LogP contribution is -2.39. The van der Waals surface area contributed by atoms with E-state index in [4.69, 9.17) is 0 Å². The normalized spacial score (nSPS) is 11.7. The molecule has 7 nitrogen and oxygen atoms in total. The second kappa shape index (κ2) is 9.06. The van der Waals surface area contributed by atoms with Gasteiger partial charge in [0.2, 0.25) is 11.7 Å². The molecular weight excluding hydrogens is 436 g/mol. The molecule has 10 heteroatoms. The van der Waals surface area contributed by atoms with Crippen molar-refractivity contribution in [2.45, 2.75) is 6.04 Å². The van der Waals surface area contributed by atoms with Crippen molar-refractivity contribution in [2.24, 2.45) is 0 Å². The minimum atomic E-state index is -1.27. The Morgan fingerprint density at radius 3 is 2.47 bits per heavy atom. The van der Waals surface area contributed by atoms with E-state index >= 15 is 0 Å². The number of para-hydroxylation sites is 1. The third-order valence-electron chi connectivity index (χ3n) is 4.61. The van der Waals surface area contributed by atoms with E-state index in [1.165, 1.54) is 29.1 Å². The topological polar surface area (TPSA) is 88.9 Å². The van der Waals surface area contributed by atoms with Crippen LogP contribution < -0.4 is 10.6 Å². The Morgan fingerprint density at radius 2 is 1.81 bits per heavy atom. The smallest absolute Gasteiger partial charge is 0.291 e. The standard InChI is InChI=1S/C22H17F2N5O2S/c1-25-21(30)18(13-9-10-15(23)16(24)12-13)26-22(31)19-27-20(17-8-5-11-32-17)29(28-19)14-6-3-2-4-7-14/h2-12,18H,1H3,(H,25,30)(H,26,31). The largest absolute Gasteiger partial charge is 0.357 e. The Hall–Kier alpha value is -3.92. The third kappa shape index (κ3) is 4.26. The van der Waals surface area contributed by atoms with Crippen LogP contribution >= 0.6 is 11.3 Å². The number of thiophene rings is 1. The highest BCUT2D eigenvalue weighted by Gasteiger charge is 2.27. The fourth-order valence-electron chi connectivity index (χ4n) is 3.05. The second-order valence-corrected chi connectivity index (χ2v) is 7.63. The molecule has 0 fully saturated rings. The van der Waals surface area contributed by atoms with Gasteiger partial charge in [-0.05, 0) is 41.3 Å². The molecule has 4 rings (SSSR count). The molecule has 0 bridgehead atoms. The molecule has 4 aromatic rings. The summed E-state index contributed by atoms with van der Waals surface area (Å²) >= 11 is 1.44. The van der Waals surface area contributed by atoms with Crippen LogP contribution in [-0.4, -0.2) is 33.6 Å². The van der Waals surface area contributed by atoms with E-state index in [-0.39, 0.29) is 11.4 Å². The van der Waals surface area contributed by atoms with Crippen molar-refractivity contribution < 1.29 is 18.4 Å². The number of nitrogens with zero attached hydrogens (tertiary/aromatic N) is 3. The van der Waals surface area contributed by atoms with Gasteiger partial charge in [-0.1, -0.05) is 30.3 Å². The monoisotopic (exact) mass is 453 g/mol. The molecule has 0 saturated heterocycles. The highest BCUT2D eigenvalue weighted by atomic mass is 32.1. The first-order chi connectivity index (χ1) is 15.5. The highest BCUT2D eigenvalue weighted by Crippen LogP contribution is 2.26. The maximum atomic E-state index is 13.7. The second-order valence-electron chi connectivity index (χ2n) is 6.68. The van der Waals surface area contributed by atoms with E-state index in [1.807, 2.05) is 47.8 Å². The summed E-state index contributed by atoms with van der Waals surface area (Å²) in [6, 6.07) is 14.6. The van der Waals surface area contributed by atoms with Gasteiger partial charge in [0, 0.05) is 7.05 Å². The first kappa shape index (κ1) is 21.3. The zero-order valence-electron chi connectivity index (χ0n) is 16.8. The first-order valence-corrected chi connectivity index (χ1v) is 10.4. The lowest BCUT2D eigenvalue weighted by molar-refractivity contribution is -0.122. The molecule has 2 amide bonds. The van der Waals surface area contributed by atoms with Gasteiger partial charge in [0.25, 0.3) is 5.91 Å². The summed E-state index contributed by atoms with van der Waals surface area (Å²) in [7, 11) is 1.37. The molecule has 32 heavy (non-hydrogen) atoms. The molecule has 2 aromatic carbocycles. The van der Waals surface area contributed by atoms with E-state index in [0.29, 0.717) is 11.5 Å². The Bertz CT molecular complexity index is 1260. The van der Waals surface area contributed by atoms with Crippen LogP contribution in [0.25, 0.3) is 16.4 Å². The van der Waals surface area contributed by atoms with Gasteiger partial charge in [-0.2, -0.15) is 0 Å². The summed E-state index contributed by atoms with van der Waals surface area (Å²) < 4.78 is 28.6. The Morgan fingerprint density at radius 1 is 1.03 bits per heavy atom. The minimum Gasteiger partial charge on any atom is -0.357 e. The van der Waals surface area contributed by atoms with Crippen LogP contribution in [0.15, 0.2) is 66.0 Å².